The Kier molecular flexibility index (Phi) is 5.27. The minimum Gasteiger partial charge on any atom is -0.385 e. The number of rotatable bonds is 6. The van der Waals surface area contributed by atoms with Crippen LogP contribution in [0.2, 0.25) is 5.02 Å². The van der Waals surface area contributed by atoms with E-state index in [0.29, 0.717) is 11.4 Å². The molecule has 1 saturated carbocycles. The van der Waals surface area contributed by atoms with Crippen LogP contribution in [0.1, 0.15) is 31.2 Å². The smallest absolute Gasteiger partial charge is 0.231 e. The van der Waals surface area contributed by atoms with E-state index in [9.17, 15) is 4.79 Å². The van der Waals surface area contributed by atoms with Crippen LogP contribution in [0.3, 0.4) is 0 Å². The van der Waals surface area contributed by atoms with Crippen LogP contribution < -0.4 is 15.1 Å². The van der Waals surface area contributed by atoms with Gasteiger partial charge < -0.3 is 15.1 Å². The van der Waals surface area contributed by atoms with Gasteiger partial charge >= 0.3 is 0 Å². The molecule has 2 fully saturated rings. The average Bonchev–Trinajstić information content (AvgIpc) is 3.47. The fraction of sp³-hybridized carbons (Fsp3) is 0.522. The Bertz CT molecular complexity index is 926. The van der Waals surface area contributed by atoms with Crippen molar-refractivity contribution < 1.29 is 4.79 Å². The van der Waals surface area contributed by atoms with E-state index in [0.717, 1.165) is 60.3 Å². The van der Waals surface area contributed by atoms with Gasteiger partial charge in [0, 0.05) is 38.1 Å². The Morgan fingerprint density at radius 2 is 1.97 bits per heavy atom. The SMILES string of the molecule is CN1C(=O)Cc2cc(NCC[C@@H]3C[C@@H]3C3CCN(c4ncc(Cl)cn4)CC3)ccc21. The van der Waals surface area contributed by atoms with E-state index >= 15 is 0 Å². The van der Waals surface area contributed by atoms with E-state index in [1.165, 1.54) is 25.7 Å². The Morgan fingerprint density at radius 3 is 2.73 bits per heavy atom. The quantitative estimate of drug-likeness (QED) is 0.757. The topological polar surface area (TPSA) is 61.4 Å². The van der Waals surface area contributed by atoms with Crippen molar-refractivity contribution in [2.45, 2.75) is 32.1 Å². The molecule has 1 amide bonds. The van der Waals surface area contributed by atoms with Crippen LogP contribution in [0.5, 0.6) is 0 Å². The molecule has 0 unspecified atom stereocenters. The fourth-order valence-corrected chi connectivity index (χ4v) is 5.26. The van der Waals surface area contributed by atoms with Crippen molar-refractivity contribution in [2.75, 3.05) is 41.8 Å². The van der Waals surface area contributed by atoms with E-state index < -0.39 is 0 Å². The zero-order valence-electron chi connectivity index (χ0n) is 17.4. The van der Waals surface area contributed by atoms with Gasteiger partial charge in [-0.3, -0.25) is 4.79 Å². The summed E-state index contributed by atoms with van der Waals surface area (Å²) in [4.78, 5) is 24.6. The van der Waals surface area contributed by atoms with Gasteiger partial charge in [-0.2, -0.15) is 0 Å². The Hall–Kier alpha value is -2.34. The van der Waals surface area contributed by atoms with Gasteiger partial charge in [0.05, 0.1) is 23.8 Å². The summed E-state index contributed by atoms with van der Waals surface area (Å²) in [6, 6.07) is 6.28. The number of carbonyl (C=O) groups is 1. The van der Waals surface area contributed by atoms with Crippen molar-refractivity contribution in [1.82, 2.24) is 9.97 Å². The van der Waals surface area contributed by atoms with Crippen molar-refractivity contribution in [3.05, 3.63) is 41.2 Å². The summed E-state index contributed by atoms with van der Waals surface area (Å²) >= 11 is 5.89. The molecule has 1 aromatic heterocycles. The zero-order chi connectivity index (χ0) is 20.7. The van der Waals surface area contributed by atoms with Gasteiger partial charge in [0.1, 0.15) is 0 Å². The van der Waals surface area contributed by atoms with Crippen molar-refractivity contribution >= 4 is 34.8 Å². The molecule has 2 aromatic rings. The highest BCUT2D eigenvalue weighted by molar-refractivity contribution is 6.30. The molecule has 6 nitrogen and oxygen atoms in total. The number of nitrogens with one attached hydrogen (secondary N) is 1. The fourth-order valence-electron chi connectivity index (χ4n) is 5.16. The van der Waals surface area contributed by atoms with Gasteiger partial charge in [0.25, 0.3) is 0 Å². The van der Waals surface area contributed by atoms with E-state index in [1.54, 1.807) is 17.3 Å². The molecule has 0 spiro atoms. The number of carbonyl (C=O) groups excluding carboxylic acids is 1. The monoisotopic (exact) mass is 425 g/mol. The second-order valence-electron chi connectivity index (χ2n) is 8.87. The first kappa shape index (κ1) is 19.6. The number of aromatic nitrogens is 2. The lowest BCUT2D eigenvalue weighted by Crippen LogP contribution is -2.35. The van der Waals surface area contributed by atoms with Crippen molar-refractivity contribution in [3.63, 3.8) is 0 Å². The third-order valence-corrected chi connectivity index (χ3v) is 7.21. The number of likely N-dealkylation sites (N-methyl/N-ethyl adjacent to an activating group) is 1. The van der Waals surface area contributed by atoms with E-state index in [1.807, 2.05) is 7.05 Å². The molecule has 2 aliphatic heterocycles. The van der Waals surface area contributed by atoms with E-state index in [-0.39, 0.29) is 5.91 Å². The Labute approximate surface area is 182 Å². The highest BCUT2D eigenvalue weighted by Gasteiger charge is 2.43. The largest absolute Gasteiger partial charge is 0.385 e. The molecule has 0 bridgehead atoms. The zero-order valence-corrected chi connectivity index (χ0v) is 18.1. The van der Waals surface area contributed by atoms with Gasteiger partial charge in [0.2, 0.25) is 11.9 Å². The van der Waals surface area contributed by atoms with Crippen molar-refractivity contribution in [3.8, 4) is 0 Å². The van der Waals surface area contributed by atoms with Crippen LogP contribution in [0, 0.1) is 17.8 Å². The molecule has 1 aliphatic carbocycles. The minimum atomic E-state index is 0.177. The van der Waals surface area contributed by atoms with Crippen LogP contribution in [0.15, 0.2) is 30.6 Å². The van der Waals surface area contributed by atoms with Crippen LogP contribution in [-0.2, 0) is 11.2 Å². The number of hydrogen-bond donors (Lipinski definition) is 1. The van der Waals surface area contributed by atoms with Crippen molar-refractivity contribution in [1.29, 1.82) is 0 Å². The number of anilines is 3. The summed E-state index contributed by atoms with van der Waals surface area (Å²) in [5, 5.41) is 4.15. The number of halogens is 1. The normalized spacial score (nSPS) is 23.6. The highest BCUT2D eigenvalue weighted by Crippen LogP contribution is 2.49. The first-order valence-corrected chi connectivity index (χ1v) is 11.3. The predicted octanol–water partition coefficient (Wildman–Crippen LogP) is 4.00. The Balaban J connectivity index is 1.05. The highest BCUT2D eigenvalue weighted by atomic mass is 35.5. The summed E-state index contributed by atoms with van der Waals surface area (Å²) in [5.41, 5.74) is 3.31. The van der Waals surface area contributed by atoms with Gasteiger partial charge in [-0.25, -0.2) is 9.97 Å². The van der Waals surface area contributed by atoms with Crippen molar-refractivity contribution in [2.24, 2.45) is 17.8 Å². The summed E-state index contributed by atoms with van der Waals surface area (Å²) in [5.74, 6) is 3.54. The van der Waals surface area contributed by atoms with E-state index in [4.69, 9.17) is 11.6 Å². The lowest BCUT2D eigenvalue weighted by Gasteiger charge is -2.32. The maximum Gasteiger partial charge on any atom is 0.231 e. The molecule has 1 N–H and O–H groups in total. The number of amides is 1. The minimum absolute atomic E-state index is 0.177. The summed E-state index contributed by atoms with van der Waals surface area (Å²) in [6.07, 6.45) is 8.92. The molecule has 1 aromatic carbocycles. The number of piperidine rings is 1. The molecule has 3 heterocycles. The van der Waals surface area contributed by atoms with Crippen LogP contribution in [-0.4, -0.2) is 42.6 Å². The van der Waals surface area contributed by atoms with E-state index in [2.05, 4.69) is 38.4 Å². The van der Waals surface area contributed by atoms with Gasteiger partial charge in [-0.1, -0.05) is 11.6 Å². The lowest BCUT2D eigenvalue weighted by atomic mass is 9.90. The van der Waals surface area contributed by atoms with Gasteiger partial charge in [-0.15, -0.1) is 0 Å². The molecule has 2 atom stereocenters. The maximum absolute atomic E-state index is 11.8. The summed E-state index contributed by atoms with van der Waals surface area (Å²) in [6.45, 7) is 3.08. The second kappa shape index (κ2) is 8.06. The number of hydrogen-bond acceptors (Lipinski definition) is 5. The number of fused-ring (bicyclic) bond motifs is 1. The van der Waals surface area contributed by atoms with Crippen LogP contribution in [0.25, 0.3) is 0 Å². The molecule has 5 rings (SSSR count). The van der Waals surface area contributed by atoms with Crippen LogP contribution in [0.4, 0.5) is 17.3 Å². The third kappa shape index (κ3) is 3.97. The third-order valence-electron chi connectivity index (χ3n) is 7.01. The molecule has 3 aliphatic rings. The maximum atomic E-state index is 11.8. The molecule has 30 heavy (non-hydrogen) atoms. The van der Waals surface area contributed by atoms with Crippen LogP contribution >= 0.6 is 11.6 Å². The summed E-state index contributed by atoms with van der Waals surface area (Å²) in [7, 11) is 1.85. The van der Waals surface area contributed by atoms with Gasteiger partial charge in [-0.05, 0) is 67.2 Å². The number of nitrogens with zero attached hydrogens (tertiary/aromatic N) is 4. The second-order valence-corrected chi connectivity index (χ2v) is 9.31. The molecular weight excluding hydrogens is 398 g/mol. The first-order chi connectivity index (χ1) is 14.6. The van der Waals surface area contributed by atoms with Gasteiger partial charge in [0.15, 0.2) is 0 Å². The lowest BCUT2D eigenvalue weighted by molar-refractivity contribution is -0.117. The predicted molar refractivity (Wildman–Crippen MR) is 120 cm³/mol. The molecular formula is C23H28ClN5O. The molecule has 1 saturated heterocycles. The summed E-state index contributed by atoms with van der Waals surface area (Å²) < 4.78 is 0. The standard InChI is InChI=1S/C23H28ClN5O/c1-28-21-3-2-19(10-17(21)12-22(28)30)25-7-4-16-11-20(16)15-5-8-29(9-6-15)23-26-13-18(24)14-27-23/h2-3,10,13-16,20,25H,4-9,11-12H2,1H3/t16-,20-/m1/s1. The molecule has 7 heteroatoms. The average molecular weight is 426 g/mol. The molecule has 158 valence electrons. The first-order valence-electron chi connectivity index (χ1n) is 10.9. The number of benzene rings is 1. The Morgan fingerprint density at radius 1 is 1.20 bits per heavy atom. The molecule has 0 radical (unpaired) electrons.